The van der Waals surface area contributed by atoms with Gasteiger partial charge in [-0.1, -0.05) is 66.4 Å². The highest BCUT2D eigenvalue weighted by molar-refractivity contribution is 5.64. The zero-order valence-corrected chi connectivity index (χ0v) is 14.1. The number of aromatic hydroxyl groups is 1. The predicted molar refractivity (Wildman–Crippen MR) is 103 cm³/mol. The lowest BCUT2D eigenvalue weighted by atomic mass is 10.0. The summed E-state index contributed by atoms with van der Waals surface area (Å²) in [6.07, 6.45) is 0.924. The highest BCUT2D eigenvalue weighted by Crippen LogP contribution is 2.18. The smallest absolute Gasteiger partial charge is 0.115 e. The summed E-state index contributed by atoms with van der Waals surface area (Å²) in [4.78, 5) is 0. The van der Waals surface area contributed by atoms with Crippen molar-refractivity contribution >= 4 is 0 Å². The topological polar surface area (TPSA) is 32.3 Å². The van der Waals surface area contributed by atoms with Crippen LogP contribution >= 0.6 is 0 Å². The van der Waals surface area contributed by atoms with Crippen LogP contribution in [0.3, 0.4) is 0 Å². The average molecular weight is 327 g/mol. The van der Waals surface area contributed by atoms with Crippen LogP contribution in [0, 0.1) is 11.8 Å². The molecule has 0 bridgehead atoms. The van der Waals surface area contributed by atoms with Crippen molar-refractivity contribution in [2.45, 2.75) is 6.42 Å². The van der Waals surface area contributed by atoms with E-state index in [1.165, 1.54) is 16.7 Å². The minimum absolute atomic E-state index is 0.306. The fourth-order valence-corrected chi connectivity index (χ4v) is 2.57. The molecule has 3 rings (SSSR count). The van der Waals surface area contributed by atoms with Gasteiger partial charge in [0.2, 0.25) is 0 Å². The van der Waals surface area contributed by atoms with Gasteiger partial charge >= 0.3 is 0 Å². The maximum atomic E-state index is 9.25. The van der Waals surface area contributed by atoms with Crippen molar-refractivity contribution < 1.29 is 5.11 Å². The molecule has 0 aliphatic rings. The number of nitrogens with one attached hydrogen (secondary N) is 1. The molecule has 0 aliphatic heterocycles. The van der Waals surface area contributed by atoms with Gasteiger partial charge in [0.15, 0.2) is 0 Å². The summed E-state index contributed by atoms with van der Waals surface area (Å²) in [7, 11) is 0. The normalized spacial score (nSPS) is 10.1. The summed E-state index contributed by atoms with van der Waals surface area (Å²) in [6.45, 7) is 1.53. The molecule has 0 radical (unpaired) electrons. The fourth-order valence-electron chi connectivity index (χ4n) is 2.57. The maximum Gasteiger partial charge on any atom is 0.115 e. The molecule has 0 amide bonds. The molecule has 0 fully saturated rings. The number of hydrogen-bond donors (Lipinski definition) is 2. The molecule has 2 nitrogen and oxygen atoms in total. The van der Waals surface area contributed by atoms with Crippen LogP contribution in [-0.2, 0) is 6.42 Å². The zero-order valence-electron chi connectivity index (χ0n) is 14.1. The number of hydrogen-bond acceptors (Lipinski definition) is 2. The SMILES string of the molecule is Oc1ccc(CCNCC#Cc2ccc(-c3ccccc3)cc2)cc1. The van der Waals surface area contributed by atoms with Crippen LogP contribution in [0.5, 0.6) is 5.75 Å². The van der Waals surface area contributed by atoms with Crippen LogP contribution < -0.4 is 5.32 Å². The first kappa shape index (κ1) is 16.8. The van der Waals surface area contributed by atoms with E-state index >= 15 is 0 Å². The number of rotatable bonds is 5. The van der Waals surface area contributed by atoms with Crippen LogP contribution in [0.15, 0.2) is 78.9 Å². The van der Waals surface area contributed by atoms with E-state index in [0.29, 0.717) is 12.3 Å². The molecule has 0 saturated carbocycles. The Morgan fingerprint density at radius 1 is 0.760 bits per heavy atom. The van der Waals surface area contributed by atoms with Gasteiger partial charge in [-0.2, -0.15) is 0 Å². The van der Waals surface area contributed by atoms with E-state index in [-0.39, 0.29) is 0 Å². The third-order valence-electron chi connectivity index (χ3n) is 3.96. The highest BCUT2D eigenvalue weighted by atomic mass is 16.3. The van der Waals surface area contributed by atoms with Crippen molar-refractivity contribution in [3.63, 3.8) is 0 Å². The molecule has 0 heterocycles. The molecule has 0 spiro atoms. The zero-order chi connectivity index (χ0) is 17.3. The molecule has 0 atom stereocenters. The van der Waals surface area contributed by atoms with Crippen LogP contribution in [0.1, 0.15) is 11.1 Å². The molecule has 3 aromatic carbocycles. The van der Waals surface area contributed by atoms with Crippen LogP contribution in [-0.4, -0.2) is 18.2 Å². The van der Waals surface area contributed by atoms with E-state index in [9.17, 15) is 5.11 Å². The highest BCUT2D eigenvalue weighted by Gasteiger charge is 1.96. The van der Waals surface area contributed by atoms with Gasteiger partial charge in [-0.05, 0) is 47.4 Å². The Morgan fingerprint density at radius 2 is 1.44 bits per heavy atom. The molecule has 2 N–H and O–H groups in total. The third-order valence-corrected chi connectivity index (χ3v) is 3.96. The van der Waals surface area contributed by atoms with Gasteiger partial charge in [0.25, 0.3) is 0 Å². The molecule has 2 heteroatoms. The lowest BCUT2D eigenvalue weighted by Gasteiger charge is -2.02. The van der Waals surface area contributed by atoms with E-state index in [0.717, 1.165) is 18.5 Å². The number of phenolic OH excluding ortho intramolecular Hbond substituents is 1. The summed E-state index contributed by atoms with van der Waals surface area (Å²) in [5, 5.41) is 12.6. The minimum atomic E-state index is 0.306. The van der Waals surface area contributed by atoms with Crippen molar-refractivity contribution in [1.82, 2.24) is 5.32 Å². The Kier molecular flexibility index (Phi) is 5.87. The van der Waals surface area contributed by atoms with Crippen molar-refractivity contribution in [3.8, 4) is 28.7 Å². The van der Waals surface area contributed by atoms with Gasteiger partial charge in [-0.3, -0.25) is 0 Å². The third kappa shape index (κ3) is 5.24. The van der Waals surface area contributed by atoms with Crippen LogP contribution in [0.2, 0.25) is 0 Å². The standard InChI is InChI=1S/C23H21NO/c25-23-14-10-20(11-15-23)16-18-24-17-4-5-19-8-12-22(13-9-19)21-6-2-1-3-7-21/h1-3,6-15,24-25H,16-18H2. The largest absolute Gasteiger partial charge is 0.508 e. The van der Waals surface area contributed by atoms with Crippen molar-refractivity contribution in [3.05, 3.63) is 90.0 Å². The monoisotopic (exact) mass is 327 g/mol. The van der Waals surface area contributed by atoms with E-state index in [4.69, 9.17) is 0 Å². The Morgan fingerprint density at radius 3 is 2.16 bits per heavy atom. The molecular weight excluding hydrogens is 306 g/mol. The molecule has 3 aromatic rings. The first-order valence-electron chi connectivity index (χ1n) is 8.44. The van der Waals surface area contributed by atoms with E-state index < -0.39 is 0 Å². The van der Waals surface area contributed by atoms with Crippen molar-refractivity contribution in [2.75, 3.05) is 13.1 Å². The molecule has 0 unspecified atom stereocenters. The second-order valence-corrected chi connectivity index (χ2v) is 5.84. The van der Waals surface area contributed by atoms with Crippen molar-refractivity contribution in [2.24, 2.45) is 0 Å². The maximum absolute atomic E-state index is 9.25. The van der Waals surface area contributed by atoms with Gasteiger partial charge in [-0.25, -0.2) is 0 Å². The Labute approximate surface area is 149 Å². The van der Waals surface area contributed by atoms with Crippen LogP contribution in [0.4, 0.5) is 0 Å². The van der Waals surface area contributed by atoms with Gasteiger partial charge in [-0.15, -0.1) is 0 Å². The number of phenols is 1. The second-order valence-electron chi connectivity index (χ2n) is 5.84. The van der Waals surface area contributed by atoms with Gasteiger partial charge in [0.1, 0.15) is 5.75 Å². The van der Waals surface area contributed by atoms with E-state index in [1.54, 1.807) is 12.1 Å². The van der Waals surface area contributed by atoms with Gasteiger partial charge < -0.3 is 10.4 Å². The lowest BCUT2D eigenvalue weighted by Crippen LogP contribution is -2.17. The predicted octanol–water partition coefficient (Wildman–Crippen LogP) is 4.24. The Hall–Kier alpha value is -3.02. The number of benzene rings is 3. The lowest BCUT2D eigenvalue weighted by molar-refractivity contribution is 0.475. The Balaban J connectivity index is 1.45. The summed E-state index contributed by atoms with van der Waals surface area (Å²) in [6, 6.07) is 26.0. The summed E-state index contributed by atoms with van der Waals surface area (Å²) in [5.74, 6) is 6.65. The molecule has 124 valence electrons. The van der Waals surface area contributed by atoms with E-state index in [2.05, 4.69) is 53.6 Å². The first-order valence-corrected chi connectivity index (χ1v) is 8.44. The molecule has 0 aliphatic carbocycles. The first-order chi connectivity index (χ1) is 12.3. The summed E-state index contributed by atoms with van der Waals surface area (Å²) >= 11 is 0. The molecule has 0 saturated heterocycles. The average Bonchev–Trinajstić information content (AvgIpc) is 2.67. The molecule has 0 aromatic heterocycles. The van der Waals surface area contributed by atoms with Gasteiger partial charge in [0.05, 0.1) is 6.54 Å². The Bertz CT molecular complexity index is 841. The molecular formula is C23H21NO. The van der Waals surface area contributed by atoms with E-state index in [1.807, 2.05) is 30.3 Å². The van der Waals surface area contributed by atoms with Crippen molar-refractivity contribution in [1.29, 1.82) is 0 Å². The summed E-state index contributed by atoms with van der Waals surface area (Å²) < 4.78 is 0. The summed E-state index contributed by atoms with van der Waals surface area (Å²) in [5.41, 5.74) is 4.66. The fraction of sp³-hybridized carbons (Fsp3) is 0.130. The van der Waals surface area contributed by atoms with Gasteiger partial charge in [0, 0.05) is 12.1 Å². The quantitative estimate of drug-likeness (QED) is 0.542. The second kappa shape index (κ2) is 8.73. The molecule has 25 heavy (non-hydrogen) atoms. The minimum Gasteiger partial charge on any atom is -0.508 e. The van der Waals surface area contributed by atoms with Crippen LogP contribution in [0.25, 0.3) is 11.1 Å².